The fourth-order valence-electron chi connectivity index (χ4n) is 2.81. The lowest BCUT2D eigenvalue weighted by atomic mass is 9.97. The summed E-state index contributed by atoms with van der Waals surface area (Å²) in [4.78, 5) is 0. The summed E-state index contributed by atoms with van der Waals surface area (Å²) < 4.78 is 0. The van der Waals surface area contributed by atoms with Gasteiger partial charge in [-0.1, -0.05) is 42.5 Å². The highest BCUT2D eigenvalue weighted by atomic mass is 16.3. The van der Waals surface area contributed by atoms with E-state index in [9.17, 15) is 10.2 Å². The summed E-state index contributed by atoms with van der Waals surface area (Å²) >= 11 is 0. The second kappa shape index (κ2) is 3.87. The maximum Gasteiger partial charge on any atom is 0.166 e. The van der Waals surface area contributed by atoms with Gasteiger partial charge in [0.15, 0.2) is 11.5 Å². The lowest BCUT2D eigenvalue weighted by molar-refractivity contribution is 0.408. The lowest BCUT2D eigenvalue weighted by Gasteiger charge is -2.09. The van der Waals surface area contributed by atoms with E-state index < -0.39 is 0 Å². The summed E-state index contributed by atoms with van der Waals surface area (Å²) in [5, 5.41) is 25.8. The van der Waals surface area contributed by atoms with Crippen molar-refractivity contribution in [2.75, 3.05) is 0 Å². The third kappa shape index (κ3) is 1.45. The molecule has 0 aliphatic rings. The van der Waals surface area contributed by atoms with Crippen molar-refractivity contribution >= 4 is 32.3 Å². The Morgan fingerprint density at radius 1 is 0.600 bits per heavy atom. The lowest BCUT2D eigenvalue weighted by Crippen LogP contribution is -1.81. The van der Waals surface area contributed by atoms with E-state index in [1.807, 2.05) is 36.4 Å². The summed E-state index contributed by atoms with van der Waals surface area (Å²) in [5.41, 5.74) is 0. The second-order valence-electron chi connectivity index (χ2n) is 5.02. The van der Waals surface area contributed by atoms with Gasteiger partial charge in [0.05, 0.1) is 0 Å². The van der Waals surface area contributed by atoms with Gasteiger partial charge in [0.1, 0.15) is 0 Å². The van der Waals surface area contributed by atoms with E-state index in [4.69, 9.17) is 0 Å². The van der Waals surface area contributed by atoms with Crippen LogP contribution in [0.25, 0.3) is 32.3 Å². The van der Waals surface area contributed by atoms with E-state index in [1.165, 1.54) is 11.5 Å². The molecule has 4 rings (SSSR count). The quantitative estimate of drug-likeness (QED) is 0.276. The molecule has 0 aliphatic carbocycles. The minimum absolute atomic E-state index is 0.0524. The third-order valence-corrected chi connectivity index (χ3v) is 3.82. The van der Waals surface area contributed by atoms with E-state index in [1.54, 1.807) is 0 Å². The number of hydrogen-bond acceptors (Lipinski definition) is 2. The van der Waals surface area contributed by atoms with Crippen molar-refractivity contribution in [3.8, 4) is 11.5 Å². The molecule has 0 radical (unpaired) electrons. The van der Waals surface area contributed by atoms with Crippen LogP contribution < -0.4 is 0 Å². The van der Waals surface area contributed by atoms with Crippen LogP contribution in [0.3, 0.4) is 0 Å². The van der Waals surface area contributed by atoms with Crippen molar-refractivity contribution < 1.29 is 10.2 Å². The van der Waals surface area contributed by atoms with Crippen molar-refractivity contribution in [2.24, 2.45) is 0 Å². The summed E-state index contributed by atoms with van der Waals surface area (Å²) in [5.74, 6) is -0.137. The van der Waals surface area contributed by atoms with Crippen molar-refractivity contribution in [1.29, 1.82) is 0 Å². The molecule has 4 aromatic rings. The standard InChI is InChI=1S/C18H12O2/c19-16-8-7-11-5-6-14-9-12-3-1-2-4-13(12)10-15(14)17(11)18(16)20/h1-10,19-20H. The van der Waals surface area contributed by atoms with Gasteiger partial charge in [0.2, 0.25) is 0 Å². The van der Waals surface area contributed by atoms with E-state index in [0.717, 1.165) is 21.5 Å². The Morgan fingerprint density at radius 3 is 2.05 bits per heavy atom. The largest absolute Gasteiger partial charge is 0.504 e. The molecule has 0 bridgehead atoms. The van der Waals surface area contributed by atoms with Crippen molar-refractivity contribution in [1.82, 2.24) is 0 Å². The number of rotatable bonds is 0. The Hall–Kier alpha value is -2.74. The van der Waals surface area contributed by atoms with Gasteiger partial charge in [-0.3, -0.25) is 0 Å². The van der Waals surface area contributed by atoms with Gasteiger partial charge in [-0.25, -0.2) is 0 Å². The number of benzene rings is 4. The Labute approximate surface area is 115 Å². The van der Waals surface area contributed by atoms with Crippen LogP contribution in [0.4, 0.5) is 0 Å². The molecule has 0 atom stereocenters. The average molecular weight is 260 g/mol. The molecule has 4 aromatic carbocycles. The highest BCUT2D eigenvalue weighted by molar-refractivity contribution is 6.14. The zero-order chi connectivity index (χ0) is 13.7. The van der Waals surface area contributed by atoms with E-state index >= 15 is 0 Å². The van der Waals surface area contributed by atoms with E-state index in [0.29, 0.717) is 5.39 Å². The Bertz CT molecular complexity index is 971. The van der Waals surface area contributed by atoms with Crippen molar-refractivity contribution in [3.63, 3.8) is 0 Å². The molecule has 96 valence electrons. The zero-order valence-corrected chi connectivity index (χ0v) is 10.7. The molecule has 0 spiro atoms. The molecular formula is C18H12O2. The third-order valence-electron chi connectivity index (χ3n) is 3.82. The predicted molar refractivity (Wildman–Crippen MR) is 82.3 cm³/mol. The number of phenolic OH excluding ortho intramolecular Hbond substituents is 2. The van der Waals surface area contributed by atoms with Crippen LogP contribution in [0.1, 0.15) is 0 Å². The van der Waals surface area contributed by atoms with E-state index in [-0.39, 0.29) is 11.5 Å². The van der Waals surface area contributed by atoms with Gasteiger partial charge in [-0.05, 0) is 45.1 Å². The van der Waals surface area contributed by atoms with Crippen molar-refractivity contribution in [2.45, 2.75) is 0 Å². The van der Waals surface area contributed by atoms with Crippen LogP contribution in [0, 0.1) is 0 Å². The normalized spacial score (nSPS) is 11.4. The SMILES string of the molecule is Oc1ccc2ccc3cc4ccccc4cc3c2c1O. The molecule has 0 aliphatic heterocycles. The molecule has 2 nitrogen and oxygen atoms in total. The first-order chi connectivity index (χ1) is 9.74. The first-order valence-electron chi connectivity index (χ1n) is 6.50. The number of phenols is 2. The van der Waals surface area contributed by atoms with Crippen LogP contribution in [0.5, 0.6) is 11.5 Å². The molecule has 2 heteroatoms. The molecule has 2 N–H and O–H groups in total. The highest BCUT2D eigenvalue weighted by Gasteiger charge is 2.09. The molecule has 0 aromatic heterocycles. The Morgan fingerprint density at radius 2 is 1.25 bits per heavy atom. The summed E-state index contributed by atoms with van der Waals surface area (Å²) in [6.07, 6.45) is 0. The topological polar surface area (TPSA) is 40.5 Å². The smallest absolute Gasteiger partial charge is 0.166 e. The van der Waals surface area contributed by atoms with Gasteiger partial charge in [-0.2, -0.15) is 0 Å². The van der Waals surface area contributed by atoms with Gasteiger partial charge in [-0.15, -0.1) is 0 Å². The average Bonchev–Trinajstić information content (AvgIpc) is 2.48. The Kier molecular flexibility index (Phi) is 2.15. The zero-order valence-electron chi connectivity index (χ0n) is 10.7. The maximum atomic E-state index is 10.2. The molecule has 0 heterocycles. The van der Waals surface area contributed by atoms with Crippen LogP contribution in [0.15, 0.2) is 60.7 Å². The second-order valence-corrected chi connectivity index (χ2v) is 5.02. The minimum atomic E-state index is -0.0850. The summed E-state index contributed by atoms with van der Waals surface area (Å²) in [6.45, 7) is 0. The molecule has 20 heavy (non-hydrogen) atoms. The fourth-order valence-corrected chi connectivity index (χ4v) is 2.81. The number of hydrogen-bond donors (Lipinski definition) is 2. The monoisotopic (exact) mass is 260 g/mol. The van der Waals surface area contributed by atoms with Crippen LogP contribution in [-0.4, -0.2) is 10.2 Å². The Balaban J connectivity index is 2.28. The van der Waals surface area contributed by atoms with Gasteiger partial charge in [0, 0.05) is 5.39 Å². The predicted octanol–water partition coefficient (Wildman–Crippen LogP) is 4.56. The van der Waals surface area contributed by atoms with Gasteiger partial charge in [0.25, 0.3) is 0 Å². The van der Waals surface area contributed by atoms with Gasteiger partial charge >= 0.3 is 0 Å². The first kappa shape index (κ1) is 11.1. The van der Waals surface area contributed by atoms with Crippen LogP contribution in [0.2, 0.25) is 0 Å². The fraction of sp³-hybridized carbons (Fsp3) is 0. The summed E-state index contributed by atoms with van der Waals surface area (Å²) in [7, 11) is 0. The highest BCUT2D eigenvalue weighted by Crippen LogP contribution is 2.39. The molecular weight excluding hydrogens is 248 g/mol. The van der Waals surface area contributed by atoms with Gasteiger partial charge < -0.3 is 10.2 Å². The minimum Gasteiger partial charge on any atom is -0.504 e. The van der Waals surface area contributed by atoms with E-state index in [2.05, 4.69) is 18.2 Å². The molecule has 0 unspecified atom stereocenters. The molecule has 0 fully saturated rings. The maximum absolute atomic E-state index is 10.2. The van der Waals surface area contributed by atoms with Crippen LogP contribution >= 0.6 is 0 Å². The molecule has 0 saturated carbocycles. The first-order valence-corrected chi connectivity index (χ1v) is 6.50. The summed E-state index contributed by atoms with van der Waals surface area (Å²) in [6, 6.07) is 19.6. The molecule has 0 amide bonds. The number of aromatic hydroxyl groups is 2. The van der Waals surface area contributed by atoms with Crippen LogP contribution in [-0.2, 0) is 0 Å². The van der Waals surface area contributed by atoms with Crippen molar-refractivity contribution in [3.05, 3.63) is 60.7 Å². The molecule has 0 saturated heterocycles. The number of fused-ring (bicyclic) bond motifs is 4.